The van der Waals surface area contributed by atoms with Crippen LogP contribution < -0.4 is 10.1 Å². The lowest BCUT2D eigenvalue weighted by molar-refractivity contribution is 0.0946. The Labute approximate surface area is 98.0 Å². The highest BCUT2D eigenvalue weighted by atomic mass is 16.5. The van der Waals surface area contributed by atoms with Gasteiger partial charge in [-0.2, -0.15) is 0 Å². The molecular weight excluding hydrogens is 198 g/mol. The minimum atomic E-state index is 0.517. The summed E-state index contributed by atoms with van der Waals surface area (Å²) >= 11 is 0. The summed E-state index contributed by atoms with van der Waals surface area (Å²) in [6.07, 6.45) is 5.26. The molecule has 1 N–H and O–H groups in total. The molecule has 1 aliphatic carbocycles. The summed E-state index contributed by atoms with van der Waals surface area (Å²) in [4.78, 5) is 0. The first-order chi connectivity index (χ1) is 7.85. The van der Waals surface area contributed by atoms with Gasteiger partial charge in [0.05, 0.1) is 6.61 Å². The number of rotatable bonds is 6. The molecule has 0 radical (unpaired) electrons. The van der Waals surface area contributed by atoms with Gasteiger partial charge in [0.2, 0.25) is 0 Å². The Bertz CT molecular complexity index is 306. The van der Waals surface area contributed by atoms with Crippen LogP contribution in [-0.2, 0) is 0 Å². The largest absolute Gasteiger partial charge is 0.494 e. The van der Waals surface area contributed by atoms with Gasteiger partial charge in [-0.25, -0.2) is 0 Å². The fourth-order valence-corrected chi connectivity index (χ4v) is 2.47. The Morgan fingerprint density at radius 2 is 2.00 bits per heavy atom. The fourth-order valence-electron chi connectivity index (χ4n) is 2.47. The van der Waals surface area contributed by atoms with Crippen LogP contribution in [0, 0.1) is 5.41 Å². The normalized spacial score (nSPS) is 17.8. The van der Waals surface area contributed by atoms with Crippen molar-refractivity contribution in [3.05, 3.63) is 30.3 Å². The smallest absolute Gasteiger partial charge is 0.119 e. The van der Waals surface area contributed by atoms with E-state index in [1.165, 1.54) is 25.7 Å². The van der Waals surface area contributed by atoms with Crippen LogP contribution in [0.25, 0.3) is 0 Å². The van der Waals surface area contributed by atoms with Crippen molar-refractivity contribution in [2.45, 2.75) is 25.7 Å². The van der Waals surface area contributed by atoms with E-state index in [0.717, 1.165) is 18.9 Å². The van der Waals surface area contributed by atoms with E-state index in [-0.39, 0.29) is 0 Å². The van der Waals surface area contributed by atoms with Crippen molar-refractivity contribution in [2.24, 2.45) is 5.41 Å². The van der Waals surface area contributed by atoms with Crippen LogP contribution in [0.2, 0.25) is 0 Å². The first-order valence-electron chi connectivity index (χ1n) is 6.17. The van der Waals surface area contributed by atoms with Crippen molar-refractivity contribution >= 4 is 0 Å². The van der Waals surface area contributed by atoms with Crippen molar-refractivity contribution in [1.82, 2.24) is 5.32 Å². The van der Waals surface area contributed by atoms with Gasteiger partial charge in [-0.15, -0.1) is 0 Å². The third-order valence-electron chi connectivity index (χ3n) is 3.61. The second-order valence-electron chi connectivity index (χ2n) is 4.80. The summed E-state index contributed by atoms with van der Waals surface area (Å²) in [5.74, 6) is 0.987. The predicted molar refractivity (Wildman–Crippen MR) is 66.8 cm³/mol. The van der Waals surface area contributed by atoms with Gasteiger partial charge in [0.15, 0.2) is 0 Å². The summed E-state index contributed by atoms with van der Waals surface area (Å²) in [5, 5.41) is 3.30. The third-order valence-corrected chi connectivity index (χ3v) is 3.61. The van der Waals surface area contributed by atoms with Gasteiger partial charge in [-0.1, -0.05) is 24.6 Å². The summed E-state index contributed by atoms with van der Waals surface area (Å²) in [7, 11) is 2.04. The maximum absolute atomic E-state index is 5.76. The van der Waals surface area contributed by atoms with Crippen LogP contribution in [0.15, 0.2) is 30.3 Å². The Balaban J connectivity index is 1.75. The van der Waals surface area contributed by atoms with Gasteiger partial charge >= 0.3 is 0 Å². The molecule has 0 bridgehead atoms. The summed E-state index contributed by atoms with van der Waals surface area (Å²) in [6, 6.07) is 10.1. The van der Waals surface area contributed by atoms with E-state index in [1.807, 2.05) is 37.4 Å². The van der Waals surface area contributed by atoms with Gasteiger partial charge in [0, 0.05) is 6.54 Å². The maximum atomic E-state index is 5.76. The van der Waals surface area contributed by atoms with Crippen molar-refractivity contribution in [2.75, 3.05) is 20.2 Å². The second-order valence-corrected chi connectivity index (χ2v) is 4.80. The molecule has 0 heterocycles. The Hall–Kier alpha value is -1.02. The van der Waals surface area contributed by atoms with Crippen LogP contribution in [0.3, 0.4) is 0 Å². The molecule has 0 aliphatic heterocycles. The minimum Gasteiger partial charge on any atom is -0.494 e. The zero-order valence-corrected chi connectivity index (χ0v) is 10.0. The number of hydrogen-bond acceptors (Lipinski definition) is 2. The quantitative estimate of drug-likeness (QED) is 0.794. The van der Waals surface area contributed by atoms with E-state index in [0.29, 0.717) is 5.41 Å². The minimum absolute atomic E-state index is 0.517. The fraction of sp³-hybridized carbons (Fsp3) is 0.571. The zero-order chi connectivity index (χ0) is 11.3. The molecule has 0 spiro atoms. The molecule has 1 aliphatic rings. The van der Waals surface area contributed by atoms with E-state index in [2.05, 4.69) is 5.32 Å². The molecule has 16 heavy (non-hydrogen) atoms. The van der Waals surface area contributed by atoms with E-state index < -0.39 is 0 Å². The number of nitrogens with one attached hydrogen (secondary N) is 1. The average Bonchev–Trinajstić information content (AvgIpc) is 2.27. The van der Waals surface area contributed by atoms with Gasteiger partial charge in [-0.3, -0.25) is 0 Å². The number of benzene rings is 1. The molecule has 0 amide bonds. The van der Waals surface area contributed by atoms with E-state index in [4.69, 9.17) is 4.74 Å². The summed E-state index contributed by atoms with van der Waals surface area (Å²) in [5.41, 5.74) is 0.517. The molecule has 1 aromatic rings. The van der Waals surface area contributed by atoms with Crippen molar-refractivity contribution in [1.29, 1.82) is 0 Å². The molecule has 2 heteroatoms. The van der Waals surface area contributed by atoms with Crippen molar-refractivity contribution < 1.29 is 4.74 Å². The third kappa shape index (κ3) is 2.76. The van der Waals surface area contributed by atoms with E-state index in [9.17, 15) is 0 Å². The molecule has 2 rings (SSSR count). The van der Waals surface area contributed by atoms with Crippen LogP contribution in [0.1, 0.15) is 25.7 Å². The standard InChI is InChI=1S/C14H21NO/c1-15-12-14(8-5-9-14)10-11-16-13-6-3-2-4-7-13/h2-4,6-7,15H,5,8-12H2,1H3. The highest BCUT2D eigenvalue weighted by Gasteiger charge is 2.35. The lowest BCUT2D eigenvalue weighted by Crippen LogP contribution is -2.39. The molecule has 2 nitrogen and oxygen atoms in total. The Morgan fingerprint density at radius 3 is 2.56 bits per heavy atom. The molecule has 0 unspecified atom stereocenters. The molecule has 88 valence electrons. The van der Waals surface area contributed by atoms with Gasteiger partial charge in [-0.05, 0) is 43.9 Å². The van der Waals surface area contributed by atoms with E-state index >= 15 is 0 Å². The lowest BCUT2D eigenvalue weighted by Gasteiger charge is -2.42. The molecule has 0 aromatic heterocycles. The van der Waals surface area contributed by atoms with Crippen molar-refractivity contribution in [3.63, 3.8) is 0 Å². The topological polar surface area (TPSA) is 21.3 Å². The number of ether oxygens (including phenoxy) is 1. The summed E-state index contributed by atoms with van der Waals surface area (Å²) in [6.45, 7) is 1.97. The summed E-state index contributed by atoms with van der Waals surface area (Å²) < 4.78 is 5.76. The molecular formula is C14H21NO. The highest BCUT2D eigenvalue weighted by molar-refractivity contribution is 5.20. The van der Waals surface area contributed by atoms with Crippen molar-refractivity contribution in [3.8, 4) is 5.75 Å². The van der Waals surface area contributed by atoms with Gasteiger partial charge < -0.3 is 10.1 Å². The molecule has 1 fully saturated rings. The molecule has 1 saturated carbocycles. The monoisotopic (exact) mass is 219 g/mol. The van der Waals surface area contributed by atoms with Crippen LogP contribution in [0.5, 0.6) is 5.75 Å². The first kappa shape index (κ1) is 11.5. The maximum Gasteiger partial charge on any atom is 0.119 e. The average molecular weight is 219 g/mol. The SMILES string of the molecule is CNCC1(CCOc2ccccc2)CCC1. The van der Waals surface area contributed by atoms with Crippen LogP contribution in [-0.4, -0.2) is 20.2 Å². The second kappa shape index (κ2) is 5.35. The predicted octanol–water partition coefficient (Wildman–Crippen LogP) is 2.85. The van der Waals surface area contributed by atoms with E-state index in [1.54, 1.807) is 0 Å². The van der Waals surface area contributed by atoms with Crippen LogP contribution >= 0.6 is 0 Å². The Morgan fingerprint density at radius 1 is 1.25 bits per heavy atom. The van der Waals surface area contributed by atoms with Crippen LogP contribution in [0.4, 0.5) is 0 Å². The number of hydrogen-bond donors (Lipinski definition) is 1. The van der Waals surface area contributed by atoms with Gasteiger partial charge in [0.1, 0.15) is 5.75 Å². The lowest BCUT2D eigenvalue weighted by atomic mass is 9.67. The molecule has 0 saturated heterocycles. The highest BCUT2D eigenvalue weighted by Crippen LogP contribution is 2.43. The van der Waals surface area contributed by atoms with Gasteiger partial charge in [0.25, 0.3) is 0 Å². The molecule has 0 atom stereocenters. The zero-order valence-electron chi connectivity index (χ0n) is 10.0. The first-order valence-corrected chi connectivity index (χ1v) is 6.17. The number of para-hydroxylation sites is 1. The molecule has 1 aromatic carbocycles. The Kier molecular flexibility index (Phi) is 3.83.